The summed E-state index contributed by atoms with van der Waals surface area (Å²) in [5.74, 6) is 0. The number of rotatable bonds is 5. The van der Waals surface area contributed by atoms with Crippen molar-refractivity contribution in [1.29, 1.82) is 0 Å². The maximum absolute atomic E-state index is 10.6. The Morgan fingerprint density at radius 3 is 2.87 bits per heavy atom. The van der Waals surface area contributed by atoms with E-state index < -0.39 is 4.92 Å². The van der Waals surface area contributed by atoms with Gasteiger partial charge in [-0.15, -0.1) is 0 Å². The highest BCUT2D eigenvalue weighted by Crippen LogP contribution is 2.27. The van der Waals surface area contributed by atoms with Crippen molar-refractivity contribution in [3.05, 3.63) is 33.3 Å². The predicted octanol–water partition coefficient (Wildman–Crippen LogP) is 3.46. The number of nitro benzene ring substituents is 1. The van der Waals surface area contributed by atoms with Gasteiger partial charge in [0.15, 0.2) is 0 Å². The molecule has 0 aliphatic carbocycles. The van der Waals surface area contributed by atoms with Gasteiger partial charge in [0, 0.05) is 18.3 Å². The zero-order valence-corrected chi connectivity index (χ0v) is 9.25. The fourth-order valence-corrected chi connectivity index (χ4v) is 1.36. The van der Waals surface area contributed by atoms with E-state index in [0.717, 1.165) is 25.1 Å². The van der Waals surface area contributed by atoms with Crippen molar-refractivity contribution in [3.63, 3.8) is 0 Å². The molecule has 0 atom stereocenters. The molecule has 0 saturated heterocycles. The molecular weight excluding hydrogens is 216 g/mol. The van der Waals surface area contributed by atoms with E-state index in [4.69, 9.17) is 11.6 Å². The Balaban J connectivity index is 2.74. The molecule has 15 heavy (non-hydrogen) atoms. The average Bonchev–Trinajstić information content (AvgIpc) is 2.20. The fourth-order valence-electron chi connectivity index (χ4n) is 1.17. The van der Waals surface area contributed by atoms with Gasteiger partial charge >= 0.3 is 0 Å². The number of nitro groups is 1. The minimum atomic E-state index is -0.479. The van der Waals surface area contributed by atoms with Gasteiger partial charge in [0.25, 0.3) is 5.69 Å². The molecule has 1 rings (SSSR count). The molecule has 0 fully saturated rings. The van der Waals surface area contributed by atoms with E-state index >= 15 is 0 Å². The van der Waals surface area contributed by atoms with Crippen molar-refractivity contribution in [3.8, 4) is 0 Å². The maximum Gasteiger partial charge on any atom is 0.289 e. The first kappa shape index (κ1) is 11.8. The van der Waals surface area contributed by atoms with Crippen LogP contribution in [-0.4, -0.2) is 11.5 Å². The van der Waals surface area contributed by atoms with E-state index in [1.807, 2.05) is 0 Å². The molecule has 0 unspecified atom stereocenters. The normalized spacial score (nSPS) is 10.0. The van der Waals surface area contributed by atoms with E-state index in [2.05, 4.69) is 12.2 Å². The number of halogens is 1. The standard InChI is InChI=1S/C10H13ClN2O2/c1-2-3-6-12-8-4-5-9(11)10(7-8)13(14)15/h4-5,7,12H,2-3,6H2,1H3. The van der Waals surface area contributed by atoms with Crippen LogP contribution in [0.5, 0.6) is 0 Å². The van der Waals surface area contributed by atoms with Crippen molar-refractivity contribution in [1.82, 2.24) is 0 Å². The first-order chi connectivity index (χ1) is 7.15. The zero-order chi connectivity index (χ0) is 11.3. The van der Waals surface area contributed by atoms with Crippen molar-refractivity contribution < 1.29 is 4.92 Å². The quantitative estimate of drug-likeness (QED) is 0.477. The second-order valence-electron chi connectivity index (χ2n) is 3.20. The van der Waals surface area contributed by atoms with Gasteiger partial charge in [-0.2, -0.15) is 0 Å². The molecule has 1 N–H and O–H groups in total. The van der Waals surface area contributed by atoms with E-state index in [1.54, 1.807) is 6.07 Å². The lowest BCUT2D eigenvalue weighted by molar-refractivity contribution is -0.384. The summed E-state index contributed by atoms with van der Waals surface area (Å²) in [5.41, 5.74) is 0.678. The van der Waals surface area contributed by atoms with Crippen LogP contribution in [0.2, 0.25) is 5.02 Å². The molecule has 5 heteroatoms. The predicted molar refractivity (Wildman–Crippen MR) is 61.5 cm³/mol. The summed E-state index contributed by atoms with van der Waals surface area (Å²) < 4.78 is 0. The number of unbranched alkanes of at least 4 members (excludes halogenated alkanes) is 1. The molecule has 1 aromatic rings. The molecular formula is C10H13ClN2O2. The third-order valence-corrected chi connectivity index (χ3v) is 2.32. The Bertz CT molecular complexity index is 355. The molecule has 0 aromatic heterocycles. The van der Waals surface area contributed by atoms with Crippen LogP contribution in [0.3, 0.4) is 0 Å². The summed E-state index contributed by atoms with van der Waals surface area (Å²) in [5, 5.41) is 13.9. The van der Waals surface area contributed by atoms with Gasteiger partial charge in [-0.3, -0.25) is 10.1 Å². The summed E-state index contributed by atoms with van der Waals surface area (Å²) in [6, 6.07) is 4.73. The monoisotopic (exact) mass is 228 g/mol. The van der Waals surface area contributed by atoms with Gasteiger partial charge in [-0.1, -0.05) is 24.9 Å². The summed E-state index contributed by atoms with van der Waals surface area (Å²) in [6.07, 6.45) is 2.12. The highest BCUT2D eigenvalue weighted by Gasteiger charge is 2.12. The van der Waals surface area contributed by atoms with Gasteiger partial charge in [-0.25, -0.2) is 0 Å². The number of nitrogens with zero attached hydrogens (tertiary/aromatic N) is 1. The third-order valence-electron chi connectivity index (χ3n) is 2.00. The topological polar surface area (TPSA) is 55.2 Å². The van der Waals surface area contributed by atoms with Crippen LogP contribution in [0.25, 0.3) is 0 Å². The van der Waals surface area contributed by atoms with Crippen LogP contribution in [0.1, 0.15) is 19.8 Å². The summed E-state index contributed by atoms with van der Waals surface area (Å²) in [6.45, 7) is 2.90. The fraction of sp³-hybridized carbons (Fsp3) is 0.400. The second-order valence-corrected chi connectivity index (χ2v) is 3.61. The summed E-state index contributed by atoms with van der Waals surface area (Å²) in [4.78, 5) is 10.1. The second kappa shape index (κ2) is 5.56. The molecule has 4 nitrogen and oxygen atoms in total. The van der Waals surface area contributed by atoms with Crippen LogP contribution in [-0.2, 0) is 0 Å². The molecule has 0 radical (unpaired) electrons. The Hall–Kier alpha value is -1.29. The summed E-state index contributed by atoms with van der Waals surface area (Å²) in [7, 11) is 0. The molecule has 0 saturated carbocycles. The lowest BCUT2D eigenvalue weighted by atomic mass is 10.2. The summed E-state index contributed by atoms with van der Waals surface area (Å²) >= 11 is 5.68. The third kappa shape index (κ3) is 3.40. The van der Waals surface area contributed by atoms with Crippen molar-refractivity contribution in [2.24, 2.45) is 0 Å². The number of benzene rings is 1. The number of anilines is 1. The Kier molecular flexibility index (Phi) is 4.37. The molecule has 0 bridgehead atoms. The minimum absolute atomic E-state index is 0.0573. The highest BCUT2D eigenvalue weighted by molar-refractivity contribution is 6.32. The van der Waals surface area contributed by atoms with Crippen LogP contribution >= 0.6 is 11.6 Å². The molecule has 0 spiro atoms. The number of nitrogens with one attached hydrogen (secondary N) is 1. The van der Waals surface area contributed by atoms with E-state index in [1.165, 1.54) is 12.1 Å². The minimum Gasteiger partial charge on any atom is -0.385 e. The first-order valence-corrected chi connectivity index (χ1v) is 5.20. The van der Waals surface area contributed by atoms with Crippen LogP contribution in [0.15, 0.2) is 18.2 Å². The SMILES string of the molecule is CCCCNc1ccc(Cl)c([N+](=O)[O-])c1. The maximum atomic E-state index is 10.6. The largest absolute Gasteiger partial charge is 0.385 e. The Labute approximate surface area is 93.4 Å². The van der Waals surface area contributed by atoms with Crippen molar-refractivity contribution in [2.45, 2.75) is 19.8 Å². The zero-order valence-electron chi connectivity index (χ0n) is 8.50. The lowest BCUT2D eigenvalue weighted by Crippen LogP contribution is -2.01. The molecule has 82 valence electrons. The molecule has 0 heterocycles. The molecule has 0 aliphatic rings. The first-order valence-electron chi connectivity index (χ1n) is 4.83. The van der Waals surface area contributed by atoms with Gasteiger partial charge in [0.05, 0.1) is 4.92 Å². The van der Waals surface area contributed by atoms with Crippen LogP contribution < -0.4 is 5.32 Å². The molecule has 0 amide bonds. The lowest BCUT2D eigenvalue weighted by Gasteiger charge is -2.05. The Morgan fingerprint density at radius 1 is 1.53 bits per heavy atom. The highest BCUT2D eigenvalue weighted by atomic mass is 35.5. The number of hydrogen-bond donors (Lipinski definition) is 1. The van der Waals surface area contributed by atoms with Gasteiger partial charge in [0.1, 0.15) is 5.02 Å². The van der Waals surface area contributed by atoms with Gasteiger partial charge in [-0.05, 0) is 18.6 Å². The molecule has 0 aliphatic heterocycles. The van der Waals surface area contributed by atoms with Crippen LogP contribution in [0, 0.1) is 10.1 Å². The van der Waals surface area contributed by atoms with Crippen molar-refractivity contribution in [2.75, 3.05) is 11.9 Å². The van der Waals surface area contributed by atoms with E-state index in [-0.39, 0.29) is 10.7 Å². The van der Waals surface area contributed by atoms with Crippen LogP contribution in [0.4, 0.5) is 11.4 Å². The van der Waals surface area contributed by atoms with E-state index in [9.17, 15) is 10.1 Å². The molecule has 1 aromatic carbocycles. The smallest absolute Gasteiger partial charge is 0.289 e. The Morgan fingerprint density at radius 2 is 2.27 bits per heavy atom. The van der Waals surface area contributed by atoms with Gasteiger partial charge in [0.2, 0.25) is 0 Å². The average molecular weight is 229 g/mol. The van der Waals surface area contributed by atoms with Gasteiger partial charge < -0.3 is 5.32 Å². The van der Waals surface area contributed by atoms with E-state index in [0.29, 0.717) is 0 Å². The van der Waals surface area contributed by atoms with Crippen molar-refractivity contribution >= 4 is 23.0 Å². The number of hydrogen-bond acceptors (Lipinski definition) is 3.